The van der Waals surface area contributed by atoms with Gasteiger partial charge in [0.15, 0.2) is 0 Å². The molecule has 14 heavy (non-hydrogen) atoms. The lowest BCUT2D eigenvalue weighted by atomic mass is 10.2. The van der Waals surface area contributed by atoms with Gasteiger partial charge in [0.05, 0.1) is 6.04 Å². The molecule has 0 radical (unpaired) electrons. The number of unbranched alkanes of at least 4 members (excludes halogenated alkanes) is 2. The van der Waals surface area contributed by atoms with Gasteiger partial charge in [0.25, 0.3) is 0 Å². The molecule has 0 fully saturated rings. The lowest BCUT2D eigenvalue weighted by Crippen LogP contribution is -2.42. The van der Waals surface area contributed by atoms with Crippen molar-refractivity contribution in [3.05, 3.63) is 0 Å². The summed E-state index contributed by atoms with van der Waals surface area (Å²) in [7, 11) is 0. The standard InChI is InChI=1S/C10H22N2OS/c1-3-4-5-7-12-9(10(11)13)6-8-14-2/h9,12H,3-8H2,1-2H3,(H2,11,13)/t9-/m0/s1. The van der Waals surface area contributed by atoms with Crippen LogP contribution in [0.25, 0.3) is 0 Å². The fraction of sp³-hybridized carbons (Fsp3) is 0.900. The van der Waals surface area contributed by atoms with Gasteiger partial charge in [-0.3, -0.25) is 4.79 Å². The Hall–Kier alpha value is -0.220. The highest BCUT2D eigenvalue weighted by Crippen LogP contribution is 2.01. The Morgan fingerprint density at radius 2 is 2.21 bits per heavy atom. The van der Waals surface area contributed by atoms with E-state index in [9.17, 15) is 4.79 Å². The van der Waals surface area contributed by atoms with E-state index in [2.05, 4.69) is 12.2 Å². The van der Waals surface area contributed by atoms with E-state index >= 15 is 0 Å². The predicted molar refractivity (Wildman–Crippen MR) is 63.5 cm³/mol. The Kier molecular flexibility index (Phi) is 9.19. The first-order valence-corrected chi connectivity index (χ1v) is 6.63. The smallest absolute Gasteiger partial charge is 0.234 e. The van der Waals surface area contributed by atoms with Crippen molar-refractivity contribution in [3.8, 4) is 0 Å². The minimum absolute atomic E-state index is 0.140. The zero-order valence-corrected chi connectivity index (χ0v) is 10.0. The number of amides is 1. The van der Waals surface area contributed by atoms with Crippen molar-refractivity contribution >= 4 is 17.7 Å². The van der Waals surface area contributed by atoms with E-state index in [0.29, 0.717) is 0 Å². The van der Waals surface area contributed by atoms with Crippen molar-refractivity contribution in [2.45, 2.75) is 38.6 Å². The lowest BCUT2D eigenvalue weighted by Gasteiger charge is -2.14. The fourth-order valence-electron chi connectivity index (χ4n) is 1.23. The molecule has 0 aliphatic rings. The van der Waals surface area contributed by atoms with Crippen molar-refractivity contribution < 1.29 is 4.79 Å². The largest absolute Gasteiger partial charge is 0.368 e. The summed E-state index contributed by atoms with van der Waals surface area (Å²) in [6.45, 7) is 3.06. The van der Waals surface area contributed by atoms with Gasteiger partial charge in [-0.15, -0.1) is 0 Å². The van der Waals surface area contributed by atoms with Gasteiger partial charge in [-0.05, 0) is 31.4 Å². The summed E-state index contributed by atoms with van der Waals surface area (Å²) in [6.07, 6.45) is 6.41. The third-order valence-electron chi connectivity index (χ3n) is 2.13. The number of hydrogen-bond acceptors (Lipinski definition) is 3. The Morgan fingerprint density at radius 1 is 1.50 bits per heavy atom. The SMILES string of the molecule is CCCCCN[C@@H](CCSC)C(N)=O. The van der Waals surface area contributed by atoms with Gasteiger partial charge in [-0.1, -0.05) is 19.8 Å². The second kappa shape index (κ2) is 9.34. The average molecular weight is 218 g/mol. The third kappa shape index (κ3) is 7.21. The highest BCUT2D eigenvalue weighted by atomic mass is 32.2. The van der Waals surface area contributed by atoms with E-state index in [0.717, 1.165) is 25.1 Å². The van der Waals surface area contributed by atoms with E-state index in [-0.39, 0.29) is 11.9 Å². The molecule has 0 aliphatic carbocycles. The van der Waals surface area contributed by atoms with Crippen LogP contribution in [0.2, 0.25) is 0 Å². The molecule has 0 spiro atoms. The topological polar surface area (TPSA) is 55.1 Å². The lowest BCUT2D eigenvalue weighted by molar-refractivity contribution is -0.120. The van der Waals surface area contributed by atoms with Crippen LogP contribution in [-0.2, 0) is 4.79 Å². The first-order valence-electron chi connectivity index (χ1n) is 5.24. The summed E-state index contributed by atoms with van der Waals surface area (Å²) < 4.78 is 0. The van der Waals surface area contributed by atoms with E-state index in [1.54, 1.807) is 11.8 Å². The minimum atomic E-state index is -0.226. The van der Waals surface area contributed by atoms with Crippen molar-refractivity contribution in [1.29, 1.82) is 0 Å². The molecule has 3 nitrogen and oxygen atoms in total. The number of nitrogens with two attached hydrogens (primary N) is 1. The summed E-state index contributed by atoms with van der Waals surface area (Å²) >= 11 is 1.74. The number of thioether (sulfide) groups is 1. The maximum absolute atomic E-state index is 11.0. The second-order valence-corrected chi connectivity index (χ2v) is 4.38. The number of primary amides is 1. The van der Waals surface area contributed by atoms with Gasteiger partial charge < -0.3 is 11.1 Å². The highest BCUT2D eigenvalue weighted by Gasteiger charge is 2.12. The van der Waals surface area contributed by atoms with Crippen LogP contribution in [0.3, 0.4) is 0 Å². The van der Waals surface area contributed by atoms with E-state index in [1.807, 2.05) is 6.26 Å². The molecule has 0 unspecified atom stereocenters. The van der Waals surface area contributed by atoms with Gasteiger partial charge in [0.1, 0.15) is 0 Å². The van der Waals surface area contributed by atoms with Crippen molar-refractivity contribution in [2.75, 3.05) is 18.6 Å². The molecule has 1 atom stereocenters. The van der Waals surface area contributed by atoms with Crippen LogP contribution in [0.5, 0.6) is 0 Å². The Bertz CT molecular complexity index is 153. The van der Waals surface area contributed by atoms with Crippen LogP contribution < -0.4 is 11.1 Å². The summed E-state index contributed by atoms with van der Waals surface area (Å²) in [5.41, 5.74) is 5.28. The summed E-state index contributed by atoms with van der Waals surface area (Å²) in [6, 6.07) is -0.140. The molecule has 0 rings (SSSR count). The van der Waals surface area contributed by atoms with Gasteiger partial charge in [-0.2, -0.15) is 11.8 Å². The minimum Gasteiger partial charge on any atom is -0.368 e. The molecule has 3 N–H and O–H groups in total. The molecular weight excluding hydrogens is 196 g/mol. The predicted octanol–water partition coefficient (Wildman–Crippen LogP) is 1.37. The number of carbonyl (C=O) groups excluding carboxylic acids is 1. The van der Waals surface area contributed by atoms with Crippen LogP contribution in [0.4, 0.5) is 0 Å². The normalized spacial score (nSPS) is 12.7. The van der Waals surface area contributed by atoms with Crippen LogP contribution >= 0.6 is 11.8 Å². The Labute approximate surface area is 91.2 Å². The molecule has 4 heteroatoms. The van der Waals surface area contributed by atoms with Crippen LogP contribution in [0.15, 0.2) is 0 Å². The van der Waals surface area contributed by atoms with Crippen LogP contribution in [0, 0.1) is 0 Å². The monoisotopic (exact) mass is 218 g/mol. The number of nitrogens with one attached hydrogen (secondary N) is 1. The molecule has 0 aromatic rings. The zero-order chi connectivity index (χ0) is 10.8. The molecule has 0 bridgehead atoms. The molecule has 0 aromatic carbocycles. The average Bonchev–Trinajstić information content (AvgIpc) is 2.16. The summed E-state index contributed by atoms with van der Waals surface area (Å²) in [4.78, 5) is 11.0. The zero-order valence-electron chi connectivity index (χ0n) is 9.21. The molecule has 0 saturated heterocycles. The van der Waals surface area contributed by atoms with Crippen LogP contribution in [0.1, 0.15) is 32.6 Å². The summed E-state index contributed by atoms with van der Waals surface area (Å²) in [5.74, 6) is 0.754. The number of carbonyl (C=O) groups is 1. The molecule has 1 amide bonds. The van der Waals surface area contributed by atoms with Gasteiger partial charge >= 0.3 is 0 Å². The van der Waals surface area contributed by atoms with E-state index in [1.165, 1.54) is 12.8 Å². The first kappa shape index (κ1) is 13.8. The Morgan fingerprint density at radius 3 is 2.71 bits per heavy atom. The van der Waals surface area contributed by atoms with E-state index in [4.69, 9.17) is 5.73 Å². The maximum Gasteiger partial charge on any atom is 0.234 e. The van der Waals surface area contributed by atoms with E-state index < -0.39 is 0 Å². The quantitative estimate of drug-likeness (QED) is 0.575. The van der Waals surface area contributed by atoms with Crippen LogP contribution in [-0.4, -0.2) is 30.5 Å². The Balaban J connectivity index is 3.57. The molecule has 0 aromatic heterocycles. The number of hydrogen-bond donors (Lipinski definition) is 2. The molecule has 0 saturated carbocycles. The van der Waals surface area contributed by atoms with Crippen molar-refractivity contribution in [2.24, 2.45) is 5.73 Å². The van der Waals surface area contributed by atoms with Gasteiger partial charge in [-0.25, -0.2) is 0 Å². The van der Waals surface area contributed by atoms with Crippen molar-refractivity contribution in [3.63, 3.8) is 0 Å². The fourth-order valence-corrected chi connectivity index (χ4v) is 1.70. The molecular formula is C10H22N2OS. The highest BCUT2D eigenvalue weighted by molar-refractivity contribution is 7.98. The molecule has 0 aliphatic heterocycles. The van der Waals surface area contributed by atoms with Gasteiger partial charge in [0, 0.05) is 0 Å². The molecule has 0 heterocycles. The third-order valence-corrected chi connectivity index (χ3v) is 2.77. The summed E-state index contributed by atoms with van der Waals surface area (Å²) in [5, 5.41) is 3.20. The first-order chi connectivity index (χ1) is 6.72. The maximum atomic E-state index is 11.0. The molecule has 84 valence electrons. The number of rotatable bonds is 9. The van der Waals surface area contributed by atoms with Crippen molar-refractivity contribution in [1.82, 2.24) is 5.32 Å². The second-order valence-electron chi connectivity index (χ2n) is 3.40. The van der Waals surface area contributed by atoms with Gasteiger partial charge in [0.2, 0.25) is 5.91 Å².